The molecule has 0 saturated carbocycles. The number of nitrogens with two attached hydrogens (primary N) is 1. The zero-order chi connectivity index (χ0) is 19.5. The summed E-state index contributed by atoms with van der Waals surface area (Å²) in [6.07, 6.45) is 2.15. The van der Waals surface area contributed by atoms with Gasteiger partial charge in [-0.1, -0.05) is 11.8 Å². The van der Waals surface area contributed by atoms with Gasteiger partial charge < -0.3 is 21.1 Å². The van der Waals surface area contributed by atoms with Crippen LogP contribution in [0.1, 0.15) is 6.42 Å². The van der Waals surface area contributed by atoms with E-state index < -0.39 is 36.3 Å². The minimum Gasteiger partial charge on any atom is -0.454 e. The summed E-state index contributed by atoms with van der Waals surface area (Å²) in [5, 5.41) is 4.74. The molecule has 0 radical (unpaired) electrons. The molecule has 0 heterocycles. The number of urea groups is 1. The first-order valence-electron chi connectivity index (χ1n) is 7.38. The number of halogens is 2. The van der Waals surface area contributed by atoms with E-state index in [0.29, 0.717) is 34.5 Å². The molecule has 1 aromatic rings. The molecule has 0 aliphatic rings. The molecule has 0 spiro atoms. The summed E-state index contributed by atoms with van der Waals surface area (Å²) in [5.74, 6) is -3.30. The number of nitrogens with one attached hydrogen (secondary N) is 2. The van der Waals surface area contributed by atoms with E-state index in [0.717, 1.165) is 0 Å². The van der Waals surface area contributed by atoms with Gasteiger partial charge in [0, 0.05) is 10.6 Å². The van der Waals surface area contributed by atoms with Gasteiger partial charge in [-0.05, 0) is 42.7 Å². The van der Waals surface area contributed by atoms with Crippen molar-refractivity contribution in [3.05, 3.63) is 24.3 Å². The van der Waals surface area contributed by atoms with E-state index in [1.807, 2.05) is 6.26 Å². The molecular weight excluding hydrogens is 388 g/mol. The van der Waals surface area contributed by atoms with Crippen LogP contribution >= 0.6 is 23.5 Å². The second-order valence-electron chi connectivity index (χ2n) is 4.90. The van der Waals surface area contributed by atoms with E-state index in [1.54, 1.807) is 0 Å². The van der Waals surface area contributed by atoms with Gasteiger partial charge in [0.05, 0.1) is 0 Å². The van der Waals surface area contributed by atoms with Gasteiger partial charge in [0.1, 0.15) is 6.04 Å². The Hall–Kier alpha value is -2.01. The molecule has 26 heavy (non-hydrogen) atoms. The SMILES string of the molecule is CSCC[C@H](NC(N)=O)C(=O)OCC(=O)Nc1ccc(SC(F)F)cc1. The van der Waals surface area contributed by atoms with Crippen molar-refractivity contribution in [2.75, 3.05) is 23.9 Å². The molecular formula is C15H19F2N3O4S2. The fourth-order valence-electron chi connectivity index (χ4n) is 1.81. The summed E-state index contributed by atoms with van der Waals surface area (Å²) in [4.78, 5) is 35.0. The number of ether oxygens (including phenoxy) is 1. The Balaban J connectivity index is 2.48. The molecule has 1 aromatic carbocycles. The fourth-order valence-corrected chi connectivity index (χ4v) is 2.78. The van der Waals surface area contributed by atoms with Crippen LogP contribution in [0.25, 0.3) is 0 Å². The van der Waals surface area contributed by atoms with Gasteiger partial charge in [0.15, 0.2) is 6.61 Å². The zero-order valence-corrected chi connectivity index (χ0v) is 15.5. The molecule has 3 amide bonds. The predicted molar refractivity (Wildman–Crippen MR) is 97.4 cm³/mol. The lowest BCUT2D eigenvalue weighted by Gasteiger charge is -2.15. The quantitative estimate of drug-likeness (QED) is 0.405. The number of carbonyl (C=O) groups excluding carboxylic acids is 3. The number of thioether (sulfide) groups is 2. The molecule has 7 nitrogen and oxygen atoms in total. The summed E-state index contributed by atoms with van der Waals surface area (Å²) >= 11 is 1.87. The van der Waals surface area contributed by atoms with Gasteiger partial charge in [-0.25, -0.2) is 9.59 Å². The van der Waals surface area contributed by atoms with E-state index in [1.165, 1.54) is 36.0 Å². The summed E-state index contributed by atoms with van der Waals surface area (Å²) in [6.45, 7) is -0.553. The summed E-state index contributed by atoms with van der Waals surface area (Å²) in [6, 6.07) is 4.00. The van der Waals surface area contributed by atoms with E-state index in [-0.39, 0.29) is 0 Å². The molecule has 144 valence electrons. The highest BCUT2D eigenvalue weighted by molar-refractivity contribution is 7.99. The lowest BCUT2D eigenvalue weighted by atomic mass is 10.2. The fraction of sp³-hybridized carbons (Fsp3) is 0.400. The molecule has 0 aliphatic heterocycles. The van der Waals surface area contributed by atoms with Crippen molar-refractivity contribution in [1.29, 1.82) is 0 Å². The first-order chi connectivity index (χ1) is 12.3. The maximum absolute atomic E-state index is 12.2. The molecule has 1 rings (SSSR count). The van der Waals surface area contributed by atoms with Crippen LogP contribution in [0.2, 0.25) is 0 Å². The molecule has 0 fully saturated rings. The Morgan fingerprint density at radius 1 is 1.23 bits per heavy atom. The molecule has 0 aliphatic carbocycles. The first-order valence-corrected chi connectivity index (χ1v) is 9.65. The van der Waals surface area contributed by atoms with Crippen molar-refractivity contribution in [3.8, 4) is 0 Å². The van der Waals surface area contributed by atoms with Crippen molar-refractivity contribution < 1.29 is 27.9 Å². The number of anilines is 1. The van der Waals surface area contributed by atoms with Crippen molar-refractivity contribution in [2.45, 2.75) is 23.1 Å². The average Bonchev–Trinajstić information content (AvgIpc) is 2.57. The number of primary amides is 1. The van der Waals surface area contributed by atoms with Gasteiger partial charge in [0.2, 0.25) is 0 Å². The van der Waals surface area contributed by atoms with Crippen molar-refractivity contribution in [2.24, 2.45) is 5.73 Å². The van der Waals surface area contributed by atoms with E-state index in [4.69, 9.17) is 10.5 Å². The number of esters is 1. The van der Waals surface area contributed by atoms with Crippen LogP contribution in [-0.4, -0.2) is 48.3 Å². The van der Waals surface area contributed by atoms with Gasteiger partial charge in [-0.3, -0.25) is 4.79 Å². The maximum atomic E-state index is 12.2. The van der Waals surface area contributed by atoms with Gasteiger partial charge in [-0.15, -0.1) is 0 Å². The lowest BCUT2D eigenvalue weighted by Crippen LogP contribution is -2.45. The Labute approximate surface area is 157 Å². The number of amides is 3. The zero-order valence-electron chi connectivity index (χ0n) is 13.9. The molecule has 4 N–H and O–H groups in total. The van der Waals surface area contributed by atoms with Crippen LogP contribution in [0.5, 0.6) is 0 Å². The number of hydrogen-bond donors (Lipinski definition) is 3. The highest BCUT2D eigenvalue weighted by Crippen LogP contribution is 2.26. The van der Waals surface area contributed by atoms with Crippen molar-refractivity contribution in [1.82, 2.24) is 5.32 Å². The van der Waals surface area contributed by atoms with Crippen LogP contribution in [0, 0.1) is 0 Å². The molecule has 0 saturated heterocycles. The van der Waals surface area contributed by atoms with E-state index >= 15 is 0 Å². The van der Waals surface area contributed by atoms with E-state index in [9.17, 15) is 23.2 Å². The molecule has 0 bridgehead atoms. The van der Waals surface area contributed by atoms with Crippen LogP contribution in [0.4, 0.5) is 19.3 Å². The Bertz CT molecular complexity index is 617. The Morgan fingerprint density at radius 3 is 2.42 bits per heavy atom. The standard InChI is InChI=1S/C15H19F2N3O4S2/c1-25-7-6-11(20-15(18)23)13(22)24-8-12(21)19-9-2-4-10(5-3-9)26-14(16)17/h2-5,11,14H,6-8H2,1H3,(H,19,21)(H3,18,20,23)/t11-/m0/s1. The van der Waals surface area contributed by atoms with E-state index in [2.05, 4.69) is 10.6 Å². The number of carbonyl (C=O) groups is 3. The van der Waals surface area contributed by atoms with Gasteiger partial charge >= 0.3 is 12.0 Å². The van der Waals surface area contributed by atoms with Gasteiger partial charge in [0.25, 0.3) is 11.7 Å². The topological polar surface area (TPSA) is 111 Å². The minimum absolute atomic E-state index is 0.313. The maximum Gasteiger partial charge on any atom is 0.329 e. The summed E-state index contributed by atoms with van der Waals surface area (Å²) in [7, 11) is 0. The van der Waals surface area contributed by atoms with Crippen molar-refractivity contribution in [3.63, 3.8) is 0 Å². The van der Waals surface area contributed by atoms with Crippen LogP contribution < -0.4 is 16.4 Å². The summed E-state index contributed by atoms with van der Waals surface area (Å²) < 4.78 is 29.4. The Morgan fingerprint density at radius 2 is 1.88 bits per heavy atom. The lowest BCUT2D eigenvalue weighted by molar-refractivity contribution is -0.149. The van der Waals surface area contributed by atoms with Crippen molar-refractivity contribution >= 4 is 47.1 Å². The number of hydrogen-bond acceptors (Lipinski definition) is 6. The third-order valence-electron chi connectivity index (χ3n) is 2.92. The van der Waals surface area contributed by atoms with Gasteiger partial charge in [-0.2, -0.15) is 20.5 Å². The third-order valence-corrected chi connectivity index (χ3v) is 4.29. The highest BCUT2D eigenvalue weighted by Gasteiger charge is 2.21. The van der Waals surface area contributed by atoms with Crippen LogP contribution in [-0.2, 0) is 14.3 Å². The smallest absolute Gasteiger partial charge is 0.329 e. The molecule has 11 heteroatoms. The number of rotatable bonds is 10. The summed E-state index contributed by atoms with van der Waals surface area (Å²) in [5.41, 5.74) is 5.38. The predicted octanol–water partition coefficient (Wildman–Crippen LogP) is 2.27. The largest absolute Gasteiger partial charge is 0.454 e. The Kier molecular flexibility index (Phi) is 9.81. The second kappa shape index (κ2) is 11.6. The number of alkyl halides is 2. The average molecular weight is 407 g/mol. The first kappa shape index (κ1) is 22.0. The molecule has 1 atom stereocenters. The number of benzene rings is 1. The van der Waals surface area contributed by atoms with Crippen LogP contribution in [0.15, 0.2) is 29.2 Å². The second-order valence-corrected chi connectivity index (χ2v) is 6.95. The normalized spacial score (nSPS) is 11.7. The molecule has 0 aromatic heterocycles. The third kappa shape index (κ3) is 8.90. The monoisotopic (exact) mass is 407 g/mol. The van der Waals surface area contributed by atoms with Crippen LogP contribution in [0.3, 0.4) is 0 Å². The molecule has 0 unspecified atom stereocenters. The minimum atomic E-state index is -2.53. The highest BCUT2D eigenvalue weighted by atomic mass is 32.2.